The molecule has 1 aliphatic carbocycles. The molecule has 0 bridgehead atoms. The van der Waals surface area contributed by atoms with E-state index >= 15 is 0 Å². The normalized spacial score (nSPS) is 17.5. The third-order valence-electron chi connectivity index (χ3n) is 3.14. The topological polar surface area (TPSA) is 34.4 Å². The zero-order chi connectivity index (χ0) is 12.6. The van der Waals surface area contributed by atoms with Gasteiger partial charge in [0.05, 0.1) is 0 Å². The monoisotopic (exact) mass is 252 g/mol. The molecular weight excluding hydrogens is 232 g/mol. The van der Waals surface area contributed by atoms with Gasteiger partial charge in [-0.05, 0) is 31.1 Å². The molecule has 0 saturated heterocycles. The van der Waals surface area contributed by atoms with Crippen LogP contribution in [0.4, 0.5) is 0 Å². The summed E-state index contributed by atoms with van der Waals surface area (Å²) >= 11 is 1.65. The summed E-state index contributed by atoms with van der Waals surface area (Å²) in [5.41, 5.74) is 1.39. The van der Waals surface area contributed by atoms with Crippen molar-refractivity contribution in [1.82, 2.24) is 4.57 Å². The molecule has 1 amide bonds. The highest BCUT2D eigenvalue weighted by Gasteiger charge is 2.26. The van der Waals surface area contributed by atoms with E-state index < -0.39 is 0 Å². The Morgan fingerprint density at radius 3 is 2.59 bits per heavy atom. The van der Waals surface area contributed by atoms with Gasteiger partial charge in [0.2, 0.25) is 6.41 Å². The molecule has 0 radical (unpaired) electrons. The summed E-state index contributed by atoms with van der Waals surface area (Å²) in [5.74, 6) is 0.793. The minimum Gasteiger partial charge on any atom is -0.320 e. The maximum atomic E-state index is 10.6. The van der Waals surface area contributed by atoms with Crippen molar-refractivity contribution in [3.05, 3.63) is 15.4 Å². The summed E-state index contributed by atoms with van der Waals surface area (Å²) < 4.78 is 2.22. The predicted molar refractivity (Wildman–Crippen MR) is 70.1 cm³/mol. The van der Waals surface area contributed by atoms with Crippen LogP contribution in [-0.2, 0) is 16.8 Å². The lowest BCUT2D eigenvalue weighted by molar-refractivity contribution is -0.107. The van der Waals surface area contributed by atoms with E-state index in [0.717, 1.165) is 17.3 Å². The van der Waals surface area contributed by atoms with E-state index in [1.54, 1.807) is 11.3 Å². The first-order chi connectivity index (χ1) is 7.93. The second-order valence-electron chi connectivity index (χ2n) is 5.84. The van der Waals surface area contributed by atoms with E-state index in [0.29, 0.717) is 6.41 Å². The largest absolute Gasteiger partial charge is 0.320 e. The molecular formula is C13H20N2OS. The molecule has 2 rings (SSSR count). The van der Waals surface area contributed by atoms with E-state index in [1.165, 1.54) is 23.4 Å². The van der Waals surface area contributed by atoms with Gasteiger partial charge in [0.15, 0.2) is 4.80 Å². The molecule has 17 heavy (non-hydrogen) atoms. The van der Waals surface area contributed by atoms with Crippen LogP contribution in [0.3, 0.4) is 0 Å². The minimum atomic E-state index is 0.122. The van der Waals surface area contributed by atoms with E-state index in [1.807, 2.05) is 0 Å². The fourth-order valence-corrected chi connectivity index (χ4v) is 3.26. The summed E-state index contributed by atoms with van der Waals surface area (Å²) in [6, 6.07) is 0. The molecule has 0 N–H and O–H groups in total. The molecule has 0 aromatic carbocycles. The van der Waals surface area contributed by atoms with Crippen molar-refractivity contribution < 1.29 is 4.79 Å². The van der Waals surface area contributed by atoms with Crippen LogP contribution >= 0.6 is 11.3 Å². The molecule has 1 heterocycles. The Hall–Kier alpha value is -0.900. The van der Waals surface area contributed by atoms with Gasteiger partial charge in [-0.15, -0.1) is 11.3 Å². The molecule has 0 unspecified atom stereocenters. The third-order valence-corrected chi connectivity index (χ3v) is 4.76. The summed E-state index contributed by atoms with van der Waals surface area (Å²) in [6.45, 7) is 9.78. The van der Waals surface area contributed by atoms with Crippen molar-refractivity contribution in [3.8, 4) is 0 Å². The lowest BCUT2D eigenvalue weighted by Crippen LogP contribution is -2.18. The zero-order valence-electron chi connectivity index (χ0n) is 11.0. The summed E-state index contributed by atoms with van der Waals surface area (Å²) in [5, 5.41) is 0. The highest BCUT2D eigenvalue weighted by molar-refractivity contribution is 7.09. The first-order valence-corrected chi connectivity index (χ1v) is 6.93. The van der Waals surface area contributed by atoms with Crippen LogP contribution in [0.1, 0.15) is 44.2 Å². The Morgan fingerprint density at radius 1 is 1.47 bits per heavy atom. The van der Waals surface area contributed by atoms with Gasteiger partial charge in [0.25, 0.3) is 0 Å². The molecule has 3 nitrogen and oxygen atoms in total. The highest BCUT2D eigenvalue weighted by Crippen LogP contribution is 2.33. The Kier molecular flexibility index (Phi) is 3.25. The standard InChI is InChI=1S/C13H20N2OS/c1-9-11(13(2,3)4)17-12(14-8-16)15(9)7-10-5-6-10/h8,10H,5-7H2,1-4H3/b14-12-. The minimum absolute atomic E-state index is 0.122. The first kappa shape index (κ1) is 12.6. The number of carbonyl (C=O) groups is 1. The summed E-state index contributed by atoms with van der Waals surface area (Å²) in [6.07, 6.45) is 3.28. The Labute approximate surface area is 106 Å². The van der Waals surface area contributed by atoms with E-state index in [-0.39, 0.29) is 5.41 Å². The van der Waals surface area contributed by atoms with E-state index in [4.69, 9.17) is 0 Å². The SMILES string of the molecule is Cc1c(C(C)(C)C)s/c(=N\C=O)n1CC1CC1. The van der Waals surface area contributed by atoms with Gasteiger partial charge < -0.3 is 4.57 Å². The molecule has 0 atom stereocenters. The number of amides is 1. The summed E-state index contributed by atoms with van der Waals surface area (Å²) in [4.78, 5) is 16.8. The quantitative estimate of drug-likeness (QED) is 0.761. The second kappa shape index (κ2) is 4.41. The molecule has 94 valence electrons. The number of aromatic nitrogens is 1. The number of nitrogens with zero attached hydrogens (tertiary/aromatic N) is 2. The molecule has 1 aromatic rings. The van der Waals surface area contributed by atoms with Crippen molar-refractivity contribution in [2.75, 3.05) is 0 Å². The van der Waals surface area contributed by atoms with Crippen LogP contribution in [0.5, 0.6) is 0 Å². The highest BCUT2D eigenvalue weighted by atomic mass is 32.1. The number of thiazole rings is 1. The smallest absolute Gasteiger partial charge is 0.235 e. The number of rotatable bonds is 3. The summed E-state index contributed by atoms with van der Waals surface area (Å²) in [7, 11) is 0. The molecule has 0 spiro atoms. The zero-order valence-corrected chi connectivity index (χ0v) is 11.8. The van der Waals surface area contributed by atoms with Crippen LogP contribution in [-0.4, -0.2) is 11.0 Å². The van der Waals surface area contributed by atoms with Gasteiger partial charge in [-0.25, -0.2) is 0 Å². The molecule has 1 aromatic heterocycles. The average Bonchev–Trinajstić information content (AvgIpc) is 2.96. The van der Waals surface area contributed by atoms with Gasteiger partial charge in [-0.1, -0.05) is 20.8 Å². The van der Waals surface area contributed by atoms with Gasteiger partial charge in [-0.2, -0.15) is 4.99 Å². The fourth-order valence-electron chi connectivity index (χ4n) is 2.10. The molecule has 1 saturated carbocycles. The van der Waals surface area contributed by atoms with Crippen LogP contribution in [0, 0.1) is 12.8 Å². The fraction of sp³-hybridized carbons (Fsp3) is 0.692. The van der Waals surface area contributed by atoms with Crippen molar-refractivity contribution in [2.24, 2.45) is 10.9 Å². The molecule has 4 heteroatoms. The first-order valence-electron chi connectivity index (χ1n) is 6.11. The molecule has 1 fully saturated rings. The van der Waals surface area contributed by atoms with Crippen molar-refractivity contribution in [3.63, 3.8) is 0 Å². The van der Waals surface area contributed by atoms with Crippen molar-refractivity contribution in [1.29, 1.82) is 0 Å². The maximum absolute atomic E-state index is 10.6. The number of hydrogen-bond acceptors (Lipinski definition) is 2. The Morgan fingerprint density at radius 2 is 2.12 bits per heavy atom. The van der Waals surface area contributed by atoms with Gasteiger partial charge in [0.1, 0.15) is 0 Å². The van der Waals surface area contributed by atoms with Crippen molar-refractivity contribution >= 4 is 17.7 Å². The Balaban J connectivity index is 2.50. The van der Waals surface area contributed by atoms with Gasteiger partial charge in [-0.3, -0.25) is 4.79 Å². The lowest BCUT2D eigenvalue weighted by Gasteiger charge is -2.17. The van der Waals surface area contributed by atoms with E-state index in [2.05, 4.69) is 37.3 Å². The van der Waals surface area contributed by atoms with E-state index in [9.17, 15) is 4.79 Å². The number of carbonyl (C=O) groups excluding carboxylic acids is 1. The second-order valence-corrected chi connectivity index (χ2v) is 6.82. The lowest BCUT2D eigenvalue weighted by atomic mass is 9.93. The average molecular weight is 252 g/mol. The van der Waals surface area contributed by atoms with Crippen LogP contribution in [0.2, 0.25) is 0 Å². The molecule has 0 aliphatic heterocycles. The number of hydrogen-bond donors (Lipinski definition) is 0. The van der Waals surface area contributed by atoms with Crippen LogP contribution in [0.25, 0.3) is 0 Å². The maximum Gasteiger partial charge on any atom is 0.235 e. The van der Waals surface area contributed by atoms with Crippen LogP contribution in [0.15, 0.2) is 4.99 Å². The van der Waals surface area contributed by atoms with Crippen LogP contribution < -0.4 is 4.80 Å². The van der Waals surface area contributed by atoms with Crippen molar-refractivity contribution in [2.45, 2.75) is 52.5 Å². The predicted octanol–water partition coefficient (Wildman–Crippen LogP) is 2.62. The molecule has 1 aliphatic rings. The Bertz CT molecular complexity index is 486. The van der Waals surface area contributed by atoms with Gasteiger partial charge >= 0.3 is 0 Å². The van der Waals surface area contributed by atoms with Gasteiger partial charge in [0, 0.05) is 17.1 Å². The third kappa shape index (κ3) is 2.68.